The molecule has 1 heterocycles. The fourth-order valence-corrected chi connectivity index (χ4v) is 5.56. The van der Waals surface area contributed by atoms with E-state index in [2.05, 4.69) is 39.7 Å². The maximum atomic E-state index is 13.3. The van der Waals surface area contributed by atoms with E-state index in [0.29, 0.717) is 28.2 Å². The third-order valence-corrected chi connectivity index (χ3v) is 7.83. The molecule has 5 rings (SSSR count). The predicted octanol–water partition coefficient (Wildman–Crippen LogP) is 5.57. The minimum absolute atomic E-state index is 0.0663. The van der Waals surface area contributed by atoms with Gasteiger partial charge in [-0.15, -0.1) is 0 Å². The van der Waals surface area contributed by atoms with Crippen molar-refractivity contribution in [1.29, 1.82) is 0 Å². The Labute approximate surface area is 229 Å². The number of benzene rings is 4. The van der Waals surface area contributed by atoms with Gasteiger partial charge in [-0.3, -0.25) is 9.52 Å². The molecule has 1 aliphatic rings. The third-order valence-electron chi connectivity index (χ3n) is 6.45. The lowest BCUT2D eigenvalue weighted by Crippen LogP contribution is -2.16. The second kappa shape index (κ2) is 11.6. The van der Waals surface area contributed by atoms with Crippen molar-refractivity contribution in [2.75, 3.05) is 28.4 Å². The number of para-hydroxylation sites is 1. The summed E-state index contributed by atoms with van der Waals surface area (Å²) in [5.41, 5.74) is 5.35. The van der Waals surface area contributed by atoms with Crippen LogP contribution in [0.15, 0.2) is 108 Å². The summed E-state index contributed by atoms with van der Waals surface area (Å²) in [6.45, 7) is 3.92. The van der Waals surface area contributed by atoms with Gasteiger partial charge in [0.2, 0.25) is 0 Å². The standard InChI is InChI=1S/C31H30N4O3S/c1-2-32-20-19-22-13-15-24(16-14-22)33-30(23-9-5-3-6-10-23)29-27-21-26(17-18-28(27)34-31(29)36)39(37,38)35-25-11-7-4-8-12-25/h3-18,21,32-33,35H,2,19-20H2,1H3,(H,34,36). The highest BCUT2D eigenvalue weighted by molar-refractivity contribution is 7.92. The van der Waals surface area contributed by atoms with Crippen molar-refractivity contribution < 1.29 is 13.2 Å². The lowest BCUT2D eigenvalue weighted by Gasteiger charge is -2.16. The molecule has 0 radical (unpaired) electrons. The molecular formula is C31H30N4O3S. The number of amides is 1. The molecule has 0 bridgehead atoms. The van der Waals surface area contributed by atoms with Crippen molar-refractivity contribution in [2.45, 2.75) is 18.2 Å². The van der Waals surface area contributed by atoms with Crippen LogP contribution in [0.25, 0.3) is 11.3 Å². The van der Waals surface area contributed by atoms with E-state index >= 15 is 0 Å². The fraction of sp³-hybridized carbons (Fsp3) is 0.129. The molecule has 1 amide bonds. The molecule has 0 fully saturated rings. The second-order valence-corrected chi connectivity index (χ2v) is 10.9. The Balaban J connectivity index is 1.54. The molecule has 4 aromatic rings. The third kappa shape index (κ3) is 6.03. The van der Waals surface area contributed by atoms with Gasteiger partial charge in [0.25, 0.3) is 15.9 Å². The van der Waals surface area contributed by atoms with Crippen LogP contribution in [0.4, 0.5) is 17.1 Å². The zero-order valence-corrected chi connectivity index (χ0v) is 22.4. The van der Waals surface area contributed by atoms with E-state index in [-0.39, 0.29) is 10.8 Å². The van der Waals surface area contributed by atoms with Crippen molar-refractivity contribution in [1.82, 2.24) is 5.32 Å². The van der Waals surface area contributed by atoms with E-state index in [1.807, 2.05) is 48.5 Å². The van der Waals surface area contributed by atoms with Gasteiger partial charge >= 0.3 is 0 Å². The van der Waals surface area contributed by atoms with Crippen molar-refractivity contribution in [3.8, 4) is 0 Å². The van der Waals surface area contributed by atoms with E-state index in [4.69, 9.17) is 0 Å². The van der Waals surface area contributed by atoms with Crippen LogP contribution < -0.4 is 20.7 Å². The topological polar surface area (TPSA) is 99.3 Å². The van der Waals surface area contributed by atoms with Crippen molar-refractivity contribution in [3.05, 3.63) is 120 Å². The number of carbonyl (C=O) groups excluding carboxylic acids is 1. The largest absolute Gasteiger partial charge is 0.354 e. The SMILES string of the molecule is CCNCCc1ccc(NC(=C2C(=O)Nc3ccc(S(=O)(=O)Nc4ccccc4)cc32)c2ccccc2)cc1. The number of nitrogens with one attached hydrogen (secondary N) is 4. The molecule has 0 saturated carbocycles. The highest BCUT2D eigenvalue weighted by Gasteiger charge is 2.30. The van der Waals surface area contributed by atoms with Gasteiger partial charge in [-0.2, -0.15) is 0 Å². The molecule has 0 spiro atoms. The fourth-order valence-electron chi connectivity index (χ4n) is 4.47. The van der Waals surface area contributed by atoms with Gasteiger partial charge < -0.3 is 16.0 Å². The van der Waals surface area contributed by atoms with Crippen molar-refractivity contribution >= 4 is 44.3 Å². The smallest absolute Gasteiger partial charge is 0.261 e. The van der Waals surface area contributed by atoms with Gasteiger partial charge in [-0.1, -0.05) is 67.6 Å². The number of hydrogen-bond acceptors (Lipinski definition) is 5. The molecular weight excluding hydrogens is 508 g/mol. The number of anilines is 3. The molecule has 0 saturated heterocycles. The van der Waals surface area contributed by atoms with Crippen LogP contribution in [-0.4, -0.2) is 27.4 Å². The summed E-state index contributed by atoms with van der Waals surface area (Å²) in [7, 11) is -3.88. The normalized spacial score (nSPS) is 13.9. The highest BCUT2D eigenvalue weighted by atomic mass is 32.2. The molecule has 0 aliphatic carbocycles. The Morgan fingerprint density at radius 3 is 2.21 bits per heavy atom. The van der Waals surface area contributed by atoms with Crippen LogP contribution >= 0.6 is 0 Å². The Hall–Kier alpha value is -4.40. The summed E-state index contributed by atoms with van der Waals surface area (Å²) >= 11 is 0. The maximum Gasteiger partial charge on any atom is 0.261 e. The molecule has 8 heteroatoms. The highest BCUT2D eigenvalue weighted by Crippen LogP contribution is 2.39. The zero-order valence-electron chi connectivity index (χ0n) is 21.6. The molecule has 4 aromatic carbocycles. The Morgan fingerprint density at radius 2 is 1.51 bits per heavy atom. The van der Waals surface area contributed by atoms with Crippen LogP contribution in [0.1, 0.15) is 23.6 Å². The number of rotatable bonds is 10. The Morgan fingerprint density at radius 1 is 0.821 bits per heavy atom. The predicted molar refractivity (Wildman–Crippen MR) is 158 cm³/mol. The van der Waals surface area contributed by atoms with Gasteiger partial charge in [0, 0.05) is 22.6 Å². The van der Waals surface area contributed by atoms with Crippen LogP contribution in [0, 0.1) is 0 Å². The Kier molecular flexibility index (Phi) is 7.76. The number of sulfonamides is 1. The first-order valence-electron chi connectivity index (χ1n) is 12.8. The molecule has 0 aromatic heterocycles. The molecule has 39 heavy (non-hydrogen) atoms. The number of fused-ring (bicyclic) bond motifs is 1. The molecule has 0 unspecified atom stereocenters. The summed E-state index contributed by atoms with van der Waals surface area (Å²) in [6.07, 6.45) is 0.921. The van der Waals surface area contributed by atoms with E-state index in [1.54, 1.807) is 36.4 Å². The van der Waals surface area contributed by atoms with E-state index in [9.17, 15) is 13.2 Å². The average Bonchev–Trinajstić information content (AvgIpc) is 3.28. The van der Waals surface area contributed by atoms with Gasteiger partial charge in [-0.05, 0) is 73.1 Å². The van der Waals surface area contributed by atoms with E-state index in [1.165, 1.54) is 11.6 Å². The van der Waals surface area contributed by atoms with E-state index in [0.717, 1.165) is 30.8 Å². The summed E-state index contributed by atoms with van der Waals surface area (Å²) in [4.78, 5) is 13.4. The van der Waals surface area contributed by atoms with Crippen LogP contribution in [0.5, 0.6) is 0 Å². The van der Waals surface area contributed by atoms with Crippen LogP contribution in [0.3, 0.4) is 0 Å². The summed E-state index contributed by atoms with van der Waals surface area (Å²) in [5.74, 6) is -0.302. The van der Waals surface area contributed by atoms with Gasteiger partial charge in [0.05, 0.1) is 16.2 Å². The van der Waals surface area contributed by atoms with Crippen LogP contribution in [-0.2, 0) is 21.2 Å². The van der Waals surface area contributed by atoms with Gasteiger partial charge in [-0.25, -0.2) is 8.42 Å². The van der Waals surface area contributed by atoms with E-state index < -0.39 is 10.0 Å². The maximum absolute atomic E-state index is 13.3. The zero-order chi connectivity index (χ0) is 27.2. The van der Waals surface area contributed by atoms with Crippen molar-refractivity contribution in [2.24, 2.45) is 0 Å². The average molecular weight is 539 g/mol. The summed E-state index contributed by atoms with van der Waals surface area (Å²) in [6, 6.07) is 31.0. The number of carbonyl (C=O) groups is 1. The lowest BCUT2D eigenvalue weighted by atomic mass is 10.00. The summed E-state index contributed by atoms with van der Waals surface area (Å²) in [5, 5.41) is 9.66. The monoisotopic (exact) mass is 538 g/mol. The molecule has 198 valence electrons. The minimum atomic E-state index is -3.88. The minimum Gasteiger partial charge on any atom is -0.354 e. The molecule has 4 N–H and O–H groups in total. The summed E-state index contributed by atoms with van der Waals surface area (Å²) < 4.78 is 29.0. The van der Waals surface area contributed by atoms with Crippen LogP contribution in [0.2, 0.25) is 0 Å². The first-order valence-corrected chi connectivity index (χ1v) is 14.3. The van der Waals surface area contributed by atoms with Gasteiger partial charge in [0.15, 0.2) is 0 Å². The first kappa shape index (κ1) is 26.2. The molecule has 0 atom stereocenters. The Bertz CT molecular complexity index is 1600. The molecule has 1 aliphatic heterocycles. The van der Waals surface area contributed by atoms with Crippen molar-refractivity contribution in [3.63, 3.8) is 0 Å². The van der Waals surface area contributed by atoms with Gasteiger partial charge in [0.1, 0.15) is 0 Å². The number of likely N-dealkylation sites (N-methyl/N-ethyl adjacent to an activating group) is 1. The molecule has 7 nitrogen and oxygen atoms in total. The number of hydrogen-bond donors (Lipinski definition) is 4. The lowest BCUT2D eigenvalue weighted by molar-refractivity contribution is -0.110. The quantitative estimate of drug-likeness (QED) is 0.156. The second-order valence-electron chi connectivity index (χ2n) is 9.17. The first-order chi connectivity index (χ1) is 18.9.